The van der Waals surface area contributed by atoms with Crippen molar-refractivity contribution in [1.29, 1.82) is 0 Å². The predicted octanol–water partition coefficient (Wildman–Crippen LogP) is 1.55. The molecule has 2 bridgehead atoms. The van der Waals surface area contributed by atoms with E-state index in [0.717, 1.165) is 18.2 Å². The Morgan fingerprint density at radius 1 is 1.21 bits per heavy atom. The van der Waals surface area contributed by atoms with Crippen LogP contribution in [0.4, 0.5) is 5.69 Å². The minimum absolute atomic E-state index is 0.0330. The van der Waals surface area contributed by atoms with E-state index >= 15 is 0 Å². The molecule has 3 aliphatic rings. The molecule has 2 N–H and O–H groups in total. The summed E-state index contributed by atoms with van der Waals surface area (Å²) in [5.74, 6) is 0.776. The van der Waals surface area contributed by atoms with Crippen LogP contribution in [-0.4, -0.2) is 43.5 Å². The van der Waals surface area contributed by atoms with Gasteiger partial charge in [-0.05, 0) is 56.1 Å². The SMILES string of the molecule is CNC(=O)c1ccc(NC2CN3CCC2CC3)cc1. The lowest BCUT2D eigenvalue weighted by Gasteiger charge is -2.45. The molecule has 4 nitrogen and oxygen atoms in total. The monoisotopic (exact) mass is 259 g/mol. The van der Waals surface area contributed by atoms with Crippen LogP contribution >= 0.6 is 0 Å². The Morgan fingerprint density at radius 2 is 1.89 bits per heavy atom. The van der Waals surface area contributed by atoms with E-state index in [0.29, 0.717) is 11.6 Å². The number of fused-ring (bicyclic) bond motifs is 3. The fourth-order valence-electron chi connectivity index (χ4n) is 3.20. The summed E-state index contributed by atoms with van der Waals surface area (Å²) in [6.07, 6.45) is 2.63. The summed E-state index contributed by atoms with van der Waals surface area (Å²) in [6.45, 7) is 3.68. The number of nitrogens with one attached hydrogen (secondary N) is 2. The zero-order valence-electron chi connectivity index (χ0n) is 11.4. The highest BCUT2D eigenvalue weighted by Crippen LogP contribution is 2.29. The Balaban J connectivity index is 1.65. The van der Waals surface area contributed by atoms with Crippen molar-refractivity contribution in [3.05, 3.63) is 29.8 Å². The third kappa shape index (κ3) is 2.59. The standard InChI is InChI=1S/C15H21N3O/c1-16-15(19)12-2-4-13(5-3-12)17-14-10-18-8-6-11(14)7-9-18/h2-5,11,14,17H,6-10H2,1H3,(H,16,19). The number of carbonyl (C=O) groups excluding carboxylic acids is 1. The van der Waals surface area contributed by atoms with Crippen LogP contribution in [0.5, 0.6) is 0 Å². The summed E-state index contributed by atoms with van der Waals surface area (Å²) in [4.78, 5) is 14.0. The maximum atomic E-state index is 11.5. The first-order valence-corrected chi connectivity index (χ1v) is 7.07. The Kier molecular flexibility index (Phi) is 3.42. The molecule has 1 aromatic rings. The van der Waals surface area contributed by atoms with Gasteiger partial charge in [0.1, 0.15) is 0 Å². The first kappa shape index (κ1) is 12.5. The molecule has 1 aromatic carbocycles. The number of hydrogen-bond donors (Lipinski definition) is 2. The normalized spacial score (nSPS) is 29.0. The molecule has 4 rings (SSSR count). The summed E-state index contributed by atoms with van der Waals surface area (Å²) in [6, 6.07) is 8.32. The zero-order chi connectivity index (χ0) is 13.2. The van der Waals surface area contributed by atoms with Gasteiger partial charge in [0.15, 0.2) is 0 Å². The number of hydrogen-bond acceptors (Lipinski definition) is 3. The average molecular weight is 259 g/mol. The molecule has 3 saturated heterocycles. The molecule has 1 atom stereocenters. The van der Waals surface area contributed by atoms with Gasteiger partial charge >= 0.3 is 0 Å². The molecule has 1 unspecified atom stereocenters. The van der Waals surface area contributed by atoms with Crippen molar-refractivity contribution >= 4 is 11.6 Å². The van der Waals surface area contributed by atoms with Crippen LogP contribution in [-0.2, 0) is 0 Å². The van der Waals surface area contributed by atoms with Gasteiger partial charge in [0, 0.05) is 30.9 Å². The smallest absolute Gasteiger partial charge is 0.251 e. The van der Waals surface area contributed by atoms with Crippen LogP contribution in [0.3, 0.4) is 0 Å². The fraction of sp³-hybridized carbons (Fsp3) is 0.533. The van der Waals surface area contributed by atoms with Gasteiger partial charge in [0.2, 0.25) is 0 Å². The summed E-state index contributed by atoms with van der Waals surface area (Å²) in [5, 5.41) is 6.26. The topological polar surface area (TPSA) is 44.4 Å². The van der Waals surface area contributed by atoms with Crippen LogP contribution in [0.15, 0.2) is 24.3 Å². The second-order valence-electron chi connectivity index (χ2n) is 5.55. The van der Waals surface area contributed by atoms with Gasteiger partial charge in [0.25, 0.3) is 5.91 Å². The van der Waals surface area contributed by atoms with Crippen molar-refractivity contribution in [3.8, 4) is 0 Å². The highest BCUT2D eigenvalue weighted by molar-refractivity contribution is 5.94. The van der Waals surface area contributed by atoms with E-state index in [-0.39, 0.29) is 5.91 Å². The molecule has 0 radical (unpaired) electrons. The van der Waals surface area contributed by atoms with Gasteiger partial charge in [-0.2, -0.15) is 0 Å². The minimum atomic E-state index is -0.0330. The van der Waals surface area contributed by atoms with E-state index in [1.54, 1.807) is 7.05 Å². The first-order chi connectivity index (χ1) is 9.26. The van der Waals surface area contributed by atoms with Gasteiger partial charge < -0.3 is 15.5 Å². The maximum Gasteiger partial charge on any atom is 0.251 e. The molecule has 4 heteroatoms. The summed E-state index contributed by atoms with van der Waals surface area (Å²) in [5.41, 5.74) is 1.83. The molecule has 3 heterocycles. The Morgan fingerprint density at radius 3 is 2.42 bits per heavy atom. The number of anilines is 1. The number of nitrogens with zero attached hydrogens (tertiary/aromatic N) is 1. The van der Waals surface area contributed by atoms with Crippen molar-refractivity contribution < 1.29 is 4.79 Å². The van der Waals surface area contributed by atoms with E-state index in [9.17, 15) is 4.79 Å². The highest BCUT2D eigenvalue weighted by atomic mass is 16.1. The lowest BCUT2D eigenvalue weighted by Crippen LogP contribution is -2.53. The zero-order valence-corrected chi connectivity index (χ0v) is 11.4. The number of piperidine rings is 3. The third-order valence-electron chi connectivity index (χ3n) is 4.38. The highest BCUT2D eigenvalue weighted by Gasteiger charge is 2.33. The second-order valence-corrected chi connectivity index (χ2v) is 5.55. The van der Waals surface area contributed by atoms with E-state index in [1.165, 1.54) is 25.9 Å². The molecule has 3 fully saturated rings. The van der Waals surface area contributed by atoms with E-state index in [4.69, 9.17) is 0 Å². The molecule has 0 aromatic heterocycles. The molecule has 0 saturated carbocycles. The fourth-order valence-corrected chi connectivity index (χ4v) is 3.20. The van der Waals surface area contributed by atoms with Gasteiger partial charge in [-0.3, -0.25) is 4.79 Å². The summed E-state index contributed by atoms with van der Waals surface area (Å²) in [7, 11) is 1.65. The van der Waals surface area contributed by atoms with Crippen LogP contribution in [0, 0.1) is 5.92 Å². The first-order valence-electron chi connectivity index (χ1n) is 7.07. The van der Waals surface area contributed by atoms with Crippen molar-refractivity contribution in [2.45, 2.75) is 18.9 Å². The average Bonchev–Trinajstić information content (AvgIpc) is 2.48. The van der Waals surface area contributed by atoms with Gasteiger partial charge in [-0.25, -0.2) is 0 Å². The Hall–Kier alpha value is -1.55. The molecule has 3 aliphatic heterocycles. The van der Waals surface area contributed by atoms with E-state index < -0.39 is 0 Å². The Bertz CT molecular complexity index is 449. The van der Waals surface area contributed by atoms with Crippen molar-refractivity contribution in [2.24, 2.45) is 5.92 Å². The quantitative estimate of drug-likeness (QED) is 0.865. The third-order valence-corrected chi connectivity index (χ3v) is 4.38. The molecule has 102 valence electrons. The van der Waals surface area contributed by atoms with Crippen LogP contribution < -0.4 is 10.6 Å². The van der Waals surface area contributed by atoms with Gasteiger partial charge in [0.05, 0.1) is 0 Å². The number of carbonyl (C=O) groups is 1. The largest absolute Gasteiger partial charge is 0.381 e. The summed E-state index contributed by atoms with van der Waals surface area (Å²) >= 11 is 0. The van der Waals surface area contributed by atoms with Crippen LogP contribution in [0.25, 0.3) is 0 Å². The van der Waals surface area contributed by atoms with Crippen molar-refractivity contribution in [2.75, 3.05) is 32.0 Å². The van der Waals surface area contributed by atoms with Crippen molar-refractivity contribution in [3.63, 3.8) is 0 Å². The molecular formula is C15H21N3O. The Labute approximate surface area is 114 Å². The number of benzene rings is 1. The van der Waals surface area contributed by atoms with E-state index in [1.807, 2.05) is 24.3 Å². The van der Waals surface area contributed by atoms with Crippen molar-refractivity contribution in [1.82, 2.24) is 10.2 Å². The maximum absolute atomic E-state index is 11.5. The van der Waals surface area contributed by atoms with Crippen LogP contribution in [0.1, 0.15) is 23.2 Å². The lowest BCUT2D eigenvalue weighted by atomic mass is 9.84. The molecule has 0 spiro atoms. The van der Waals surface area contributed by atoms with E-state index in [2.05, 4.69) is 15.5 Å². The molecule has 0 aliphatic carbocycles. The van der Waals surface area contributed by atoms with Crippen LogP contribution in [0.2, 0.25) is 0 Å². The molecular weight excluding hydrogens is 238 g/mol. The lowest BCUT2D eigenvalue weighted by molar-refractivity contribution is 0.0963. The number of amides is 1. The molecule has 1 amide bonds. The number of rotatable bonds is 3. The predicted molar refractivity (Wildman–Crippen MR) is 76.4 cm³/mol. The van der Waals surface area contributed by atoms with Gasteiger partial charge in [-0.15, -0.1) is 0 Å². The second kappa shape index (κ2) is 5.21. The van der Waals surface area contributed by atoms with Gasteiger partial charge in [-0.1, -0.05) is 0 Å². The minimum Gasteiger partial charge on any atom is -0.381 e. The summed E-state index contributed by atoms with van der Waals surface area (Å²) < 4.78 is 0. The molecule has 19 heavy (non-hydrogen) atoms.